The number of hydrogen-bond donors (Lipinski definition) is 2. The molecule has 0 radical (unpaired) electrons. The standard InChI is InChI=1S/C22H22N4O3/c1-15(2)23-22(29)17-8-10-18(11-9-17)24-20(27)14-26-21(28)13-12-19(25-26)16-6-4-3-5-7-16/h3-13,15H,14H2,1-2H3,(H,23,29)(H,24,27). The third-order valence-corrected chi connectivity index (χ3v) is 4.08. The summed E-state index contributed by atoms with van der Waals surface area (Å²) in [6.45, 7) is 3.56. The monoisotopic (exact) mass is 390 g/mol. The van der Waals surface area contributed by atoms with Crippen LogP contribution in [0.25, 0.3) is 11.3 Å². The third kappa shape index (κ3) is 5.38. The highest BCUT2D eigenvalue weighted by Gasteiger charge is 2.10. The summed E-state index contributed by atoms with van der Waals surface area (Å²) in [4.78, 5) is 36.4. The first-order valence-corrected chi connectivity index (χ1v) is 9.27. The number of rotatable bonds is 6. The molecule has 148 valence electrons. The second kappa shape index (κ2) is 8.97. The van der Waals surface area contributed by atoms with E-state index in [0.717, 1.165) is 10.2 Å². The summed E-state index contributed by atoms with van der Waals surface area (Å²) in [6, 6.07) is 19.0. The molecule has 3 rings (SSSR count). The minimum Gasteiger partial charge on any atom is -0.350 e. The molecule has 0 saturated heterocycles. The van der Waals surface area contributed by atoms with Crippen LogP contribution in [0.1, 0.15) is 24.2 Å². The molecule has 0 fully saturated rings. The van der Waals surface area contributed by atoms with Crippen molar-refractivity contribution >= 4 is 17.5 Å². The lowest BCUT2D eigenvalue weighted by atomic mass is 10.1. The van der Waals surface area contributed by atoms with Crippen LogP contribution in [-0.4, -0.2) is 27.6 Å². The Morgan fingerprint density at radius 3 is 2.31 bits per heavy atom. The van der Waals surface area contributed by atoms with E-state index in [1.54, 1.807) is 30.3 Å². The lowest BCUT2D eigenvalue weighted by Gasteiger charge is -2.10. The summed E-state index contributed by atoms with van der Waals surface area (Å²) >= 11 is 0. The Morgan fingerprint density at radius 1 is 0.966 bits per heavy atom. The third-order valence-electron chi connectivity index (χ3n) is 4.08. The number of hydrogen-bond acceptors (Lipinski definition) is 4. The Morgan fingerprint density at radius 2 is 1.66 bits per heavy atom. The normalized spacial score (nSPS) is 10.6. The van der Waals surface area contributed by atoms with Gasteiger partial charge in [-0.2, -0.15) is 5.10 Å². The molecule has 2 N–H and O–H groups in total. The first kappa shape index (κ1) is 20.0. The van der Waals surface area contributed by atoms with Gasteiger partial charge in [0.15, 0.2) is 0 Å². The van der Waals surface area contributed by atoms with E-state index in [-0.39, 0.29) is 30.0 Å². The van der Waals surface area contributed by atoms with Gasteiger partial charge in [-0.25, -0.2) is 4.68 Å². The zero-order valence-electron chi connectivity index (χ0n) is 16.3. The van der Waals surface area contributed by atoms with Crippen LogP contribution in [0.15, 0.2) is 71.5 Å². The molecule has 0 bridgehead atoms. The van der Waals surface area contributed by atoms with E-state index >= 15 is 0 Å². The lowest BCUT2D eigenvalue weighted by Crippen LogP contribution is -2.30. The van der Waals surface area contributed by atoms with Crippen molar-refractivity contribution in [2.24, 2.45) is 0 Å². The molecule has 3 aromatic rings. The molecule has 0 atom stereocenters. The van der Waals surface area contributed by atoms with E-state index in [9.17, 15) is 14.4 Å². The van der Waals surface area contributed by atoms with Crippen molar-refractivity contribution in [3.63, 3.8) is 0 Å². The van der Waals surface area contributed by atoms with Gasteiger partial charge in [-0.1, -0.05) is 30.3 Å². The van der Waals surface area contributed by atoms with E-state index in [1.807, 2.05) is 44.2 Å². The van der Waals surface area contributed by atoms with Crippen LogP contribution in [0, 0.1) is 0 Å². The highest BCUT2D eigenvalue weighted by Crippen LogP contribution is 2.14. The van der Waals surface area contributed by atoms with Crippen molar-refractivity contribution < 1.29 is 9.59 Å². The quantitative estimate of drug-likeness (QED) is 0.677. The highest BCUT2D eigenvalue weighted by molar-refractivity contribution is 5.95. The minimum absolute atomic E-state index is 0.0411. The van der Waals surface area contributed by atoms with Crippen molar-refractivity contribution in [3.8, 4) is 11.3 Å². The molecule has 0 aliphatic carbocycles. The van der Waals surface area contributed by atoms with Crippen molar-refractivity contribution in [2.45, 2.75) is 26.4 Å². The van der Waals surface area contributed by atoms with Gasteiger partial charge in [-0.15, -0.1) is 0 Å². The average Bonchev–Trinajstić information content (AvgIpc) is 2.70. The van der Waals surface area contributed by atoms with E-state index in [1.165, 1.54) is 6.07 Å². The maximum Gasteiger partial charge on any atom is 0.267 e. The van der Waals surface area contributed by atoms with Crippen molar-refractivity contribution in [1.29, 1.82) is 0 Å². The maximum absolute atomic E-state index is 12.4. The van der Waals surface area contributed by atoms with Gasteiger partial charge in [0, 0.05) is 28.9 Å². The molecule has 7 heteroatoms. The molecule has 2 aromatic carbocycles. The summed E-state index contributed by atoms with van der Waals surface area (Å²) in [5.74, 6) is -0.560. The Hall–Kier alpha value is -3.74. The van der Waals surface area contributed by atoms with Gasteiger partial charge >= 0.3 is 0 Å². The van der Waals surface area contributed by atoms with Crippen LogP contribution in [0.4, 0.5) is 5.69 Å². The summed E-state index contributed by atoms with van der Waals surface area (Å²) in [5, 5.41) is 9.80. The number of nitrogens with zero attached hydrogens (tertiary/aromatic N) is 2. The number of aromatic nitrogens is 2. The van der Waals surface area contributed by atoms with Gasteiger partial charge in [0.2, 0.25) is 5.91 Å². The number of carbonyl (C=O) groups excluding carboxylic acids is 2. The smallest absolute Gasteiger partial charge is 0.267 e. The molecule has 2 amide bonds. The molecule has 1 aromatic heterocycles. The van der Waals surface area contributed by atoms with Gasteiger partial charge in [-0.05, 0) is 44.2 Å². The van der Waals surface area contributed by atoms with E-state index in [0.29, 0.717) is 16.9 Å². The number of benzene rings is 2. The largest absolute Gasteiger partial charge is 0.350 e. The number of carbonyl (C=O) groups is 2. The fourth-order valence-corrected chi connectivity index (χ4v) is 2.71. The maximum atomic E-state index is 12.4. The zero-order valence-corrected chi connectivity index (χ0v) is 16.3. The van der Waals surface area contributed by atoms with Crippen LogP contribution < -0.4 is 16.2 Å². The predicted molar refractivity (Wildman–Crippen MR) is 112 cm³/mol. The first-order valence-electron chi connectivity index (χ1n) is 9.27. The average molecular weight is 390 g/mol. The van der Waals surface area contributed by atoms with Crippen LogP contribution in [0.2, 0.25) is 0 Å². The SMILES string of the molecule is CC(C)NC(=O)c1ccc(NC(=O)Cn2nc(-c3ccccc3)ccc2=O)cc1. The van der Waals surface area contributed by atoms with Crippen molar-refractivity contribution in [2.75, 3.05) is 5.32 Å². The molecule has 0 saturated carbocycles. The Bertz CT molecular complexity index is 1060. The molecule has 0 spiro atoms. The Balaban J connectivity index is 1.68. The van der Waals surface area contributed by atoms with Gasteiger partial charge < -0.3 is 10.6 Å². The summed E-state index contributed by atoms with van der Waals surface area (Å²) in [5.41, 5.74) is 2.14. The molecule has 29 heavy (non-hydrogen) atoms. The molecule has 0 aliphatic heterocycles. The fourth-order valence-electron chi connectivity index (χ4n) is 2.71. The van der Waals surface area contributed by atoms with Crippen molar-refractivity contribution in [3.05, 3.63) is 82.6 Å². The molecular formula is C22H22N4O3. The Kier molecular flexibility index (Phi) is 6.19. The van der Waals surface area contributed by atoms with Gasteiger partial charge in [0.05, 0.1) is 5.69 Å². The van der Waals surface area contributed by atoms with Crippen LogP contribution in [0.5, 0.6) is 0 Å². The van der Waals surface area contributed by atoms with E-state index in [4.69, 9.17) is 0 Å². The molecule has 1 heterocycles. The van der Waals surface area contributed by atoms with Gasteiger partial charge in [0.1, 0.15) is 6.54 Å². The lowest BCUT2D eigenvalue weighted by molar-refractivity contribution is -0.117. The molecular weight excluding hydrogens is 368 g/mol. The van der Waals surface area contributed by atoms with Gasteiger partial charge in [0.25, 0.3) is 11.5 Å². The Labute approximate surface area is 168 Å². The van der Waals surface area contributed by atoms with E-state index < -0.39 is 0 Å². The molecule has 7 nitrogen and oxygen atoms in total. The predicted octanol–water partition coefficient (Wildman–Crippen LogP) is 2.69. The fraction of sp³-hybridized carbons (Fsp3) is 0.182. The van der Waals surface area contributed by atoms with Gasteiger partial charge in [-0.3, -0.25) is 14.4 Å². The van der Waals surface area contributed by atoms with Crippen LogP contribution in [-0.2, 0) is 11.3 Å². The second-order valence-corrected chi connectivity index (χ2v) is 6.83. The number of anilines is 1. The van der Waals surface area contributed by atoms with Crippen molar-refractivity contribution in [1.82, 2.24) is 15.1 Å². The second-order valence-electron chi connectivity index (χ2n) is 6.83. The zero-order chi connectivity index (χ0) is 20.8. The number of nitrogens with one attached hydrogen (secondary N) is 2. The topological polar surface area (TPSA) is 93.1 Å². The summed E-state index contributed by atoms with van der Waals surface area (Å²) in [7, 11) is 0. The van der Waals surface area contributed by atoms with E-state index in [2.05, 4.69) is 15.7 Å². The highest BCUT2D eigenvalue weighted by atomic mass is 16.2. The molecule has 0 unspecified atom stereocenters. The van der Waals surface area contributed by atoms with Crippen LogP contribution >= 0.6 is 0 Å². The van der Waals surface area contributed by atoms with Crippen LogP contribution in [0.3, 0.4) is 0 Å². The summed E-state index contributed by atoms with van der Waals surface area (Å²) in [6.07, 6.45) is 0. The number of amides is 2. The minimum atomic E-state index is -0.385. The molecule has 0 aliphatic rings. The summed E-state index contributed by atoms with van der Waals surface area (Å²) < 4.78 is 1.13. The first-order chi connectivity index (χ1) is 13.9.